The standard InChI is InChI=1S/C21H21N5O2S/c1-13(18-7-4-10-28-18)23-19(27)12-29-21-25-24-20(26(21)14-8-9-14)16-11-22-17-6-3-2-5-15(16)17/h2-7,10-11,13-14,22H,8-9,12H2,1H3,(H,23,27). The number of H-pyrrole nitrogens is 1. The van der Waals surface area contributed by atoms with Crippen molar-refractivity contribution in [2.45, 2.75) is 37.0 Å². The van der Waals surface area contributed by atoms with Crippen molar-refractivity contribution in [3.63, 3.8) is 0 Å². The summed E-state index contributed by atoms with van der Waals surface area (Å²) in [4.78, 5) is 15.7. The fourth-order valence-corrected chi connectivity index (χ4v) is 4.32. The highest BCUT2D eigenvalue weighted by molar-refractivity contribution is 7.99. The minimum absolute atomic E-state index is 0.0575. The number of nitrogens with one attached hydrogen (secondary N) is 2. The summed E-state index contributed by atoms with van der Waals surface area (Å²) in [6.45, 7) is 1.91. The van der Waals surface area contributed by atoms with Gasteiger partial charge in [0.2, 0.25) is 5.91 Å². The highest BCUT2D eigenvalue weighted by atomic mass is 32.2. The van der Waals surface area contributed by atoms with Crippen molar-refractivity contribution in [2.24, 2.45) is 0 Å². The summed E-state index contributed by atoms with van der Waals surface area (Å²) in [5.41, 5.74) is 2.12. The molecule has 0 bridgehead atoms. The lowest BCUT2D eigenvalue weighted by Crippen LogP contribution is -2.28. The molecule has 1 amide bonds. The number of aromatic nitrogens is 4. The van der Waals surface area contributed by atoms with Gasteiger partial charge in [-0.2, -0.15) is 0 Å². The van der Waals surface area contributed by atoms with E-state index in [2.05, 4.69) is 37.2 Å². The maximum Gasteiger partial charge on any atom is 0.231 e. The molecule has 0 saturated heterocycles. The quantitative estimate of drug-likeness (QED) is 0.445. The predicted octanol–water partition coefficient (Wildman–Crippen LogP) is 4.32. The van der Waals surface area contributed by atoms with Gasteiger partial charge in [0.1, 0.15) is 5.76 Å². The molecular formula is C21H21N5O2S. The van der Waals surface area contributed by atoms with E-state index in [-0.39, 0.29) is 17.7 Å². The first-order valence-corrected chi connectivity index (χ1v) is 10.7. The lowest BCUT2D eigenvalue weighted by molar-refractivity contribution is -0.119. The van der Waals surface area contributed by atoms with Gasteiger partial charge in [-0.1, -0.05) is 30.0 Å². The largest absolute Gasteiger partial charge is 0.467 e. The summed E-state index contributed by atoms with van der Waals surface area (Å²) >= 11 is 1.42. The Morgan fingerprint density at radius 2 is 2.17 bits per heavy atom. The first-order chi connectivity index (χ1) is 14.2. The van der Waals surface area contributed by atoms with Crippen LogP contribution in [0.15, 0.2) is 58.4 Å². The summed E-state index contributed by atoms with van der Waals surface area (Å²) in [6, 6.07) is 12.1. The number of furan rings is 1. The molecule has 0 radical (unpaired) electrons. The van der Waals surface area contributed by atoms with E-state index in [0.717, 1.165) is 46.0 Å². The lowest BCUT2D eigenvalue weighted by Gasteiger charge is -2.11. The molecule has 2 N–H and O–H groups in total. The molecule has 1 unspecified atom stereocenters. The number of hydrogen-bond donors (Lipinski definition) is 2. The molecule has 1 aliphatic carbocycles. The molecule has 1 atom stereocenters. The summed E-state index contributed by atoms with van der Waals surface area (Å²) in [6.07, 6.45) is 5.82. The zero-order chi connectivity index (χ0) is 19.8. The van der Waals surface area contributed by atoms with Gasteiger partial charge in [-0.3, -0.25) is 9.36 Å². The Labute approximate surface area is 171 Å². The lowest BCUT2D eigenvalue weighted by atomic mass is 10.1. The van der Waals surface area contributed by atoms with E-state index in [1.807, 2.05) is 37.4 Å². The summed E-state index contributed by atoms with van der Waals surface area (Å²) < 4.78 is 7.53. The average Bonchev–Trinajstić information content (AvgIpc) is 3.14. The van der Waals surface area contributed by atoms with Gasteiger partial charge in [0.05, 0.1) is 18.1 Å². The number of thioether (sulfide) groups is 1. The van der Waals surface area contributed by atoms with Gasteiger partial charge in [-0.15, -0.1) is 10.2 Å². The van der Waals surface area contributed by atoms with Crippen LogP contribution in [0.4, 0.5) is 0 Å². The van der Waals surface area contributed by atoms with Gasteiger partial charge < -0.3 is 14.7 Å². The summed E-state index contributed by atoms with van der Waals surface area (Å²) in [5.74, 6) is 1.82. The van der Waals surface area contributed by atoms with Crippen LogP contribution in [-0.4, -0.2) is 31.4 Å². The summed E-state index contributed by atoms with van der Waals surface area (Å²) in [5, 5.41) is 13.8. The van der Waals surface area contributed by atoms with Crippen molar-refractivity contribution in [1.29, 1.82) is 0 Å². The van der Waals surface area contributed by atoms with Crippen LogP contribution in [0.25, 0.3) is 22.3 Å². The van der Waals surface area contributed by atoms with Gasteiger partial charge >= 0.3 is 0 Å². The third-order valence-corrected chi connectivity index (χ3v) is 6.03. The maximum absolute atomic E-state index is 12.4. The SMILES string of the molecule is CC(NC(=O)CSc1nnc(-c2c[nH]c3ccccc23)n1C1CC1)c1ccco1. The first-order valence-electron chi connectivity index (χ1n) is 9.67. The number of hydrogen-bond acceptors (Lipinski definition) is 5. The molecule has 1 fully saturated rings. The molecule has 4 aromatic rings. The fourth-order valence-electron chi connectivity index (χ4n) is 3.50. The van der Waals surface area contributed by atoms with E-state index in [1.54, 1.807) is 6.26 Å². The van der Waals surface area contributed by atoms with E-state index >= 15 is 0 Å². The Balaban J connectivity index is 1.34. The zero-order valence-electron chi connectivity index (χ0n) is 16.0. The smallest absolute Gasteiger partial charge is 0.231 e. The van der Waals surface area contributed by atoms with Crippen molar-refractivity contribution in [1.82, 2.24) is 25.1 Å². The molecule has 3 aromatic heterocycles. The van der Waals surface area contributed by atoms with Crippen LogP contribution in [-0.2, 0) is 4.79 Å². The molecule has 1 aliphatic rings. The van der Waals surface area contributed by atoms with Crippen LogP contribution >= 0.6 is 11.8 Å². The van der Waals surface area contributed by atoms with Crippen molar-refractivity contribution in [3.8, 4) is 11.4 Å². The fraction of sp³-hybridized carbons (Fsp3) is 0.286. The van der Waals surface area contributed by atoms with Crippen LogP contribution in [0.3, 0.4) is 0 Å². The van der Waals surface area contributed by atoms with Gasteiger partial charge in [0, 0.05) is 28.7 Å². The third-order valence-electron chi connectivity index (χ3n) is 5.09. The zero-order valence-corrected chi connectivity index (χ0v) is 16.8. The van der Waals surface area contributed by atoms with Crippen LogP contribution in [0.5, 0.6) is 0 Å². The molecule has 29 heavy (non-hydrogen) atoms. The molecule has 3 heterocycles. The molecule has 1 saturated carbocycles. The monoisotopic (exact) mass is 407 g/mol. The second kappa shape index (κ2) is 7.44. The number of aromatic amines is 1. The van der Waals surface area contributed by atoms with Crippen LogP contribution < -0.4 is 5.32 Å². The minimum atomic E-state index is -0.166. The van der Waals surface area contributed by atoms with Gasteiger partial charge in [0.15, 0.2) is 11.0 Å². The highest BCUT2D eigenvalue weighted by Gasteiger charge is 2.31. The number of amides is 1. The molecule has 8 heteroatoms. The van der Waals surface area contributed by atoms with Crippen LogP contribution in [0.2, 0.25) is 0 Å². The molecule has 0 aliphatic heterocycles. The summed E-state index contributed by atoms with van der Waals surface area (Å²) in [7, 11) is 0. The topological polar surface area (TPSA) is 88.7 Å². The molecular weight excluding hydrogens is 386 g/mol. The van der Waals surface area contributed by atoms with E-state index in [1.165, 1.54) is 11.8 Å². The van der Waals surface area contributed by atoms with E-state index in [0.29, 0.717) is 6.04 Å². The minimum Gasteiger partial charge on any atom is -0.467 e. The third kappa shape index (κ3) is 3.55. The Kier molecular flexibility index (Phi) is 4.63. The maximum atomic E-state index is 12.4. The Morgan fingerprint density at radius 3 is 2.97 bits per heavy atom. The van der Waals surface area contributed by atoms with E-state index in [4.69, 9.17) is 4.42 Å². The van der Waals surface area contributed by atoms with Gasteiger partial charge in [-0.25, -0.2) is 0 Å². The van der Waals surface area contributed by atoms with Gasteiger partial charge in [0.25, 0.3) is 0 Å². The first kappa shape index (κ1) is 18.1. The van der Waals surface area contributed by atoms with Crippen LogP contribution in [0, 0.1) is 0 Å². The van der Waals surface area contributed by atoms with Crippen molar-refractivity contribution >= 4 is 28.6 Å². The normalized spacial score (nSPS) is 14.9. The van der Waals surface area contributed by atoms with Crippen molar-refractivity contribution in [2.75, 3.05) is 5.75 Å². The van der Waals surface area contributed by atoms with Crippen molar-refractivity contribution < 1.29 is 9.21 Å². The molecule has 0 spiro atoms. The second-order valence-corrected chi connectivity index (χ2v) is 8.19. The number of carbonyl (C=O) groups excluding carboxylic acids is 1. The van der Waals surface area contributed by atoms with E-state index < -0.39 is 0 Å². The molecule has 7 nitrogen and oxygen atoms in total. The Hall–Kier alpha value is -3.00. The predicted molar refractivity (Wildman–Crippen MR) is 112 cm³/mol. The number of rotatable bonds is 7. The molecule has 1 aromatic carbocycles. The molecule has 148 valence electrons. The van der Waals surface area contributed by atoms with Gasteiger partial charge in [-0.05, 0) is 38.0 Å². The van der Waals surface area contributed by atoms with Crippen LogP contribution in [0.1, 0.15) is 37.6 Å². The van der Waals surface area contributed by atoms with E-state index in [9.17, 15) is 4.79 Å². The number of carbonyl (C=O) groups is 1. The second-order valence-electron chi connectivity index (χ2n) is 7.25. The highest BCUT2D eigenvalue weighted by Crippen LogP contribution is 2.42. The number of benzene rings is 1. The van der Waals surface area contributed by atoms with Crippen molar-refractivity contribution in [3.05, 3.63) is 54.6 Å². The Morgan fingerprint density at radius 1 is 1.31 bits per heavy atom. The molecule has 5 rings (SSSR count). The Bertz CT molecular complexity index is 1140. The number of fused-ring (bicyclic) bond motifs is 1. The average molecular weight is 407 g/mol. The number of nitrogens with zero attached hydrogens (tertiary/aromatic N) is 3. The number of para-hydroxylation sites is 1.